The fourth-order valence-electron chi connectivity index (χ4n) is 2.98. The third-order valence-corrected chi connectivity index (χ3v) is 7.33. The molecule has 3 aromatic rings. The van der Waals surface area contributed by atoms with E-state index in [0.29, 0.717) is 4.34 Å². The first kappa shape index (κ1) is 29.8. The third kappa shape index (κ3) is 6.08. The first-order chi connectivity index (χ1) is 15.0. The summed E-state index contributed by atoms with van der Waals surface area (Å²) in [4.78, 5) is 49.2. The first-order valence-electron chi connectivity index (χ1n) is 8.69. The Hall–Kier alpha value is -0.460. The molecule has 0 aromatic carbocycles. The zero-order chi connectivity index (χ0) is 23.3. The van der Waals surface area contributed by atoms with E-state index >= 15 is 0 Å². The van der Waals surface area contributed by atoms with Gasteiger partial charge in [-0.15, -0.1) is 0 Å². The van der Waals surface area contributed by atoms with Crippen LogP contribution in [0.1, 0.15) is 6.23 Å². The number of H-pyrrole nitrogens is 1. The van der Waals surface area contributed by atoms with Crippen molar-refractivity contribution >= 4 is 32.7 Å². The molecule has 4 heterocycles. The number of phosphoric acid groups is 1. The smallest absolute Gasteiger partial charge is 0.761 e. The molecule has 3 aromatic heterocycles. The Morgan fingerprint density at radius 1 is 1.24 bits per heavy atom. The molecule has 5 N–H and O–H groups in total. The van der Waals surface area contributed by atoms with Crippen LogP contribution in [0.5, 0.6) is 0 Å². The number of nitrogens with zero attached hydrogens (tertiary/aromatic N) is 5. The van der Waals surface area contributed by atoms with Crippen LogP contribution in [0.4, 0.5) is 5.95 Å². The van der Waals surface area contributed by atoms with E-state index in [1.54, 1.807) is 0 Å². The summed E-state index contributed by atoms with van der Waals surface area (Å²) in [6.07, 6.45) is -2.12. The average molecular weight is 537 g/mol. The predicted molar refractivity (Wildman–Crippen MR) is 98.4 cm³/mol. The molecule has 4 rings (SSSR count). The zero-order valence-electron chi connectivity index (χ0n) is 17.7. The van der Waals surface area contributed by atoms with E-state index in [1.807, 2.05) is 0 Å². The number of rotatable bonds is 7. The number of nitrogens with one attached hydrogen (secondary N) is 1. The standard InChI is InChI=1S/C13H17N7O10P2.2Na/c14-13-17-10-7(11(23)18-13)16-5-20(10)12-9(22)8(21)6(29-12)3-28-32(26,27)30-31(24,25)19-2-1-15-4-19;;/h1-2,4-6,8-9,12,21-22H,3H2,(H,24,25)(H,26,27)(H3,14,17,18,23);;/q;2*+1/p-2/t6-,8+,9?,12-;;/m1../s1. The Bertz CT molecular complexity index is 1290. The van der Waals surface area contributed by atoms with Crippen LogP contribution in [0.2, 0.25) is 0 Å². The first-order valence-corrected chi connectivity index (χ1v) is 11.6. The minimum Gasteiger partial charge on any atom is -0.761 e. The summed E-state index contributed by atoms with van der Waals surface area (Å²) in [7, 11) is -10.5. The number of aromatic nitrogens is 6. The maximum Gasteiger partial charge on any atom is 1.00 e. The summed E-state index contributed by atoms with van der Waals surface area (Å²) in [5.74, 6) is -0.235. The number of hydrogen-bond donors (Lipinski definition) is 4. The average Bonchev–Trinajstić information content (AvgIpc) is 3.41. The van der Waals surface area contributed by atoms with Gasteiger partial charge in [0.25, 0.3) is 13.4 Å². The largest absolute Gasteiger partial charge is 1.00 e. The number of anilines is 1. The fourth-order valence-corrected chi connectivity index (χ4v) is 5.26. The number of aromatic amines is 1. The van der Waals surface area contributed by atoms with Crippen molar-refractivity contribution in [3.05, 3.63) is 35.4 Å². The van der Waals surface area contributed by atoms with Crippen molar-refractivity contribution in [3.63, 3.8) is 0 Å². The molecular formula is C13H15N7Na2O10P2. The zero-order valence-corrected chi connectivity index (χ0v) is 23.5. The summed E-state index contributed by atoms with van der Waals surface area (Å²) >= 11 is 0. The number of aliphatic hydroxyl groups excluding tert-OH is 2. The van der Waals surface area contributed by atoms with Gasteiger partial charge in [-0.25, -0.2) is 9.97 Å². The van der Waals surface area contributed by atoms with E-state index in [1.165, 1.54) is 0 Å². The van der Waals surface area contributed by atoms with Gasteiger partial charge in [0.15, 0.2) is 17.4 Å². The van der Waals surface area contributed by atoms with Crippen molar-refractivity contribution in [1.82, 2.24) is 28.8 Å². The molecule has 21 heteroatoms. The molecule has 0 aliphatic carbocycles. The number of aliphatic hydroxyl groups is 2. The van der Waals surface area contributed by atoms with Crippen LogP contribution in [0.15, 0.2) is 29.8 Å². The molecule has 34 heavy (non-hydrogen) atoms. The van der Waals surface area contributed by atoms with Crippen molar-refractivity contribution in [1.29, 1.82) is 0 Å². The number of nitrogen functional groups attached to an aromatic ring is 1. The minimum absolute atomic E-state index is 0. The van der Waals surface area contributed by atoms with Gasteiger partial charge in [0.2, 0.25) is 13.7 Å². The van der Waals surface area contributed by atoms with E-state index in [9.17, 15) is 33.9 Å². The molecule has 17 nitrogen and oxygen atoms in total. The topological polar surface area (TPSA) is 256 Å². The SMILES string of the molecule is Nc1nc2c(ncn2[C@@H]2O[C@H](COP(=O)([O-])OP(=O)([O-])n3ccnc3)[C@H](O)C2O)c(=O)[nH]1.[Na+].[Na+]. The molecule has 174 valence electrons. The molecule has 0 bridgehead atoms. The van der Waals surface area contributed by atoms with E-state index < -0.39 is 52.3 Å². The van der Waals surface area contributed by atoms with Gasteiger partial charge in [-0.2, -0.15) is 4.98 Å². The van der Waals surface area contributed by atoms with Crippen LogP contribution in [0, 0.1) is 0 Å². The van der Waals surface area contributed by atoms with Crippen LogP contribution in [0.3, 0.4) is 0 Å². The summed E-state index contributed by atoms with van der Waals surface area (Å²) in [5, 5.41) is 20.6. The van der Waals surface area contributed by atoms with Crippen LogP contribution in [-0.2, 0) is 22.7 Å². The number of hydrogen-bond acceptors (Lipinski definition) is 14. The Labute approximate surface area is 234 Å². The number of fused-ring (bicyclic) bond motifs is 1. The van der Waals surface area contributed by atoms with Crippen LogP contribution >= 0.6 is 15.6 Å². The van der Waals surface area contributed by atoms with Gasteiger partial charge in [-0.05, 0) is 0 Å². The molecule has 0 spiro atoms. The fraction of sp³-hybridized carbons (Fsp3) is 0.385. The Balaban J connectivity index is 0.00000204. The number of phosphoric ester groups is 1. The summed E-state index contributed by atoms with van der Waals surface area (Å²) in [6.45, 7) is -0.901. The molecule has 6 atom stereocenters. The van der Waals surface area contributed by atoms with Crippen molar-refractivity contribution in [2.24, 2.45) is 0 Å². The quantitative estimate of drug-likeness (QED) is 0.161. The monoisotopic (exact) mass is 537 g/mol. The van der Waals surface area contributed by atoms with E-state index in [0.717, 1.165) is 29.6 Å². The maximum absolute atomic E-state index is 11.9. The third-order valence-electron chi connectivity index (χ3n) is 4.44. The Kier molecular flexibility index (Phi) is 9.89. The van der Waals surface area contributed by atoms with Gasteiger partial charge in [-0.1, -0.05) is 0 Å². The minimum atomic E-state index is -5.43. The number of ether oxygens (including phenoxy) is 1. The molecule has 1 saturated heterocycles. The molecule has 1 aliphatic rings. The van der Waals surface area contributed by atoms with Gasteiger partial charge in [-0.3, -0.25) is 32.1 Å². The molecule has 3 unspecified atom stereocenters. The van der Waals surface area contributed by atoms with Gasteiger partial charge >= 0.3 is 59.1 Å². The van der Waals surface area contributed by atoms with E-state index in [4.69, 9.17) is 10.5 Å². The van der Waals surface area contributed by atoms with Crippen molar-refractivity contribution in [2.75, 3.05) is 12.3 Å². The van der Waals surface area contributed by atoms with E-state index in [2.05, 4.69) is 28.8 Å². The number of imidazole rings is 2. The number of nitrogens with two attached hydrogens (primary N) is 1. The second-order valence-electron chi connectivity index (χ2n) is 6.56. The summed E-state index contributed by atoms with van der Waals surface area (Å²) < 4.78 is 39.5. The molecule has 0 radical (unpaired) electrons. The normalized spacial score (nSPS) is 25.8. The van der Waals surface area contributed by atoms with Gasteiger partial charge in [0, 0.05) is 12.4 Å². The van der Waals surface area contributed by atoms with Gasteiger partial charge in [0.05, 0.1) is 12.9 Å². The summed E-state index contributed by atoms with van der Waals surface area (Å²) in [6, 6.07) is 0. The molecular weight excluding hydrogens is 522 g/mol. The van der Waals surface area contributed by atoms with Crippen LogP contribution in [-0.4, -0.2) is 64.0 Å². The molecule has 1 fully saturated rings. The molecule has 0 amide bonds. The Morgan fingerprint density at radius 2 is 1.94 bits per heavy atom. The molecule has 0 saturated carbocycles. The van der Waals surface area contributed by atoms with Crippen molar-refractivity contribution in [2.45, 2.75) is 24.5 Å². The second-order valence-corrected chi connectivity index (χ2v) is 9.76. The van der Waals surface area contributed by atoms with Crippen molar-refractivity contribution < 1.29 is 102 Å². The summed E-state index contributed by atoms with van der Waals surface area (Å²) in [5.41, 5.74) is 4.68. The Morgan fingerprint density at radius 3 is 2.59 bits per heavy atom. The van der Waals surface area contributed by atoms with Crippen LogP contribution in [0.25, 0.3) is 11.2 Å². The van der Waals surface area contributed by atoms with Crippen molar-refractivity contribution in [3.8, 4) is 0 Å². The van der Waals surface area contributed by atoms with Crippen LogP contribution < -0.4 is 80.2 Å². The molecule has 1 aliphatic heterocycles. The van der Waals surface area contributed by atoms with Gasteiger partial charge in [0.1, 0.15) is 24.6 Å². The maximum atomic E-state index is 11.9. The second kappa shape index (κ2) is 11.3. The van der Waals surface area contributed by atoms with E-state index in [-0.39, 0.29) is 76.2 Å². The van der Waals surface area contributed by atoms with Gasteiger partial charge < -0.3 is 35.0 Å². The predicted octanol–water partition coefficient (Wildman–Crippen LogP) is -8.96.